The summed E-state index contributed by atoms with van der Waals surface area (Å²) in [6.07, 6.45) is 0. The van der Waals surface area contributed by atoms with Gasteiger partial charge in [0.25, 0.3) is 5.91 Å². The van der Waals surface area contributed by atoms with Crippen molar-refractivity contribution in [2.45, 2.75) is 13.1 Å². The van der Waals surface area contributed by atoms with Crippen LogP contribution in [0.4, 0.5) is 5.69 Å². The molecule has 0 bridgehead atoms. The van der Waals surface area contributed by atoms with Gasteiger partial charge in [0.05, 0.1) is 23.9 Å². The number of nitrogens with two attached hydrogens (primary N) is 1. The van der Waals surface area contributed by atoms with Gasteiger partial charge in [-0.15, -0.1) is 0 Å². The van der Waals surface area contributed by atoms with Crippen LogP contribution in [0.2, 0.25) is 0 Å². The van der Waals surface area contributed by atoms with Gasteiger partial charge in [0, 0.05) is 6.54 Å². The number of fused-ring (bicyclic) bond motifs is 1. The predicted molar refractivity (Wildman–Crippen MR) is 82.2 cm³/mol. The Balaban J connectivity index is 1.96. The Bertz CT molecular complexity index is 765. The van der Waals surface area contributed by atoms with Crippen LogP contribution < -0.4 is 15.4 Å². The third kappa shape index (κ3) is 2.65. The zero-order chi connectivity index (χ0) is 15.5. The molecule has 2 N–H and O–H groups in total. The molecule has 2 aromatic rings. The molecule has 1 heterocycles. The van der Waals surface area contributed by atoms with Gasteiger partial charge in [0.1, 0.15) is 5.75 Å². The number of nitriles is 1. The van der Waals surface area contributed by atoms with Crippen LogP contribution in [0.1, 0.15) is 16.7 Å². The van der Waals surface area contributed by atoms with Crippen molar-refractivity contribution in [1.29, 1.82) is 5.26 Å². The van der Waals surface area contributed by atoms with Crippen molar-refractivity contribution in [2.24, 2.45) is 5.73 Å². The fourth-order valence-electron chi connectivity index (χ4n) is 2.47. The van der Waals surface area contributed by atoms with Gasteiger partial charge in [-0.05, 0) is 35.4 Å². The average Bonchev–Trinajstić information content (AvgIpc) is 2.57. The minimum absolute atomic E-state index is 0.0207. The number of hydrogen-bond acceptors (Lipinski definition) is 4. The Morgan fingerprint density at radius 2 is 2.09 bits per heavy atom. The number of anilines is 1. The number of carbonyl (C=O) groups excluding carboxylic acids is 1. The highest BCUT2D eigenvalue weighted by Crippen LogP contribution is 2.34. The van der Waals surface area contributed by atoms with Crippen molar-refractivity contribution < 1.29 is 9.53 Å². The van der Waals surface area contributed by atoms with Gasteiger partial charge < -0.3 is 15.4 Å². The summed E-state index contributed by atoms with van der Waals surface area (Å²) in [5.74, 6) is 0.567. The van der Waals surface area contributed by atoms with Gasteiger partial charge in [-0.3, -0.25) is 4.79 Å². The highest BCUT2D eigenvalue weighted by atomic mass is 16.5. The summed E-state index contributed by atoms with van der Waals surface area (Å²) < 4.78 is 5.46. The number of amides is 1. The molecule has 2 aromatic carbocycles. The van der Waals surface area contributed by atoms with E-state index in [1.165, 1.54) is 0 Å². The van der Waals surface area contributed by atoms with E-state index in [1.807, 2.05) is 30.3 Å². The number of rotatable bonds is 3. The van der Waals surface area contributed by atoms with E-state index in [2.05, 4.69) is 6.07 Å². The molecular weight excluding hydrogens is 278 g/mol. The molecule has 0 aromatic heterocycles. The van der Waals surface area contributed by atoms with Gasteiger partial charge in [0.2, 0.25) is 0 Å². The van der Waals surface area contributed by atoms with Crippen LogP contribution in [0.15, 0.2) is 42.5 Å². The Kier molecular flexibility index (Phi) is 3.77. The first-order valence-corrected chi connectivity index (χ1v) is 6.96. The lowest BCUT2D eigenvalue weighted by Gasteiger charge is -2.30. The average molecular weight is 293 g/mol. The fraction of sp³-hybridized carbons (Fsp3) is 0.176. The van der Waals surface area contributed by atoms with E-state index in [4.69, 9.17) is 15.7 Å². The largest absolute Gasteiger partial charge is 0.482 e. The molecule has 0 aliphatic carbocycles. The van der Waals surface area contributed by atoms with Crippen LogP contribution in [0.5, 0.6) is 5.75 Å². The minimum Gasteiger partial charge on any atom is -0.482 e. The molecule has 0 saturated heterocycles. The predicted octanol–water partition coefficient (Wildman–Crippen LogP) is 1.94. The lowest BCUT2D eigenvalue weighted by atomic mass is 10.1. The molecular formula is C17H15N3O2. The van der Waals surface area contributed by atoms with Crippen molar-refractivity contribution >= 4 is 11.6 Å². The van der Waals surface area contributed by atoms with Gasteiger partial charge in [-0.2, -0.15) is 5.26 Å². The van der Waals surface area contributed by atoms with E-state index < -0.39 is 0 Å². The van der Waals surface area contributed by atoms with Gasteiger partial charge >= 0.3 is 0 Å². The molecule has 5 nitrogen and oxygen atoms in total. The topological polar surface area (TPSA) is 79.3 Å². The second kappa shape index (κ2) is 5.88. The number of nitrogens with zero attached hydrogens (tertiary/aromatic N) is 2. The molecule has 1 aliphatic heterocycles. The van der Waals surface area contributed by atoms with E-state index in [1.54, 1.807) is 17.0 Å². The summed E-state index contributed by atoms with van der Waals surface area (Å²) in [6.45, 7) is 0.824. The van der Waals surface area contributed by atoms with E-state index in [-0.39, 0.29) is 12.5 Å². The molecule has 0 fully saturated rings. The molecule has 0 radical (unpaired) electrons. The summed E-state index contributed by atoms with van der Waals surface area (Å²) >= 11 is 0. The van der Waals surface area contributed by atoms with E-state index in [9.17, 15) is 4.79 Å². The van der Waals surface area contributed by atoms with Crippen LogP contribution >= 0.6 is 0 Å². The zero-order valence-corrected chi connectivity index (χ0v) is 12.0. The maximum Gasteiger partial charge on any atom is 0.265 e. The monoisotopic (exact) mass is 293 g/mol. The van der Waals surface area contributed by atoms with Crippen LogP contribution in [0.3, 0.4) is 0 Å². The lowest BCUT2D eigenvalue weighted by Crippen LogP contribution is -2.38. The summed E-state index contributed by atoms with van der Waals surface area (Å²) in [7, 11) is 0. The Labute approximate surface area is 128 Å². The Morgan fingerprint density at radius 3 is 2.86 bits per heavy atom. The molecule has 0 spiro atoms. The molecule has 0 saturated carbocycles. The van der Waals surface area contributed by atoms with E-state index in [0.29, 0.717) is 24.4 Å². The second-order valence-corrected chi connectivity index (χ2v) is 5.09. The molecule has 1 aliphatic rings. The minimum atomic E-state index is -0.107. The van der Waals surface area contributed by atoms with Crippen LogP contribution in [0, 0.1) is 11.3 Å². The normalized spacial score (nSPS) is 13.3. The highest BCUT2D eigenvalue weighted by molar-refractivity contribution is 5.97. The molecule has 22 heavy (non-hydrogen) atoms. The molecule has 5 heteroatoms. The smallest absolute Gasteiger partial charge is 0.265 e. The maximum atomic E-state index is 12.2. The third-order valence-electron chi connectivity index (χ3n) is 3.60. The van der Waals surface area contributed by atoms with Crippen molar-refractivity contribution in [1.82, 2.24) is 0 Å². The van der Waals surface area contributed by atoms with E-state index in [0.717, 1.165) is 16.8 Å². The number of benzene rings is 2. The fourth-order valence-corrected chi connectivity index (χ4v) is 2.47. The summed E-state index contributed by atoms with van der Waals surface area (Å²) in [6, 6.07) is 15.0. The second-order valence-electron chi connectivity index (χ2n) is 5.09. The zero-order valence-electron chi connectivity index (χ0n) is 12.0. The highest BCUT2D eigenvalue weighted by Gasteiger charge is 2.25. The molecule has 0 unspecified atom stereocenters. The standard InChI is InChI=1S/C17H15N3O2/c18-8-12-2-1-3-14(6-12)10-20-15-7-13(9-19)4-5-16(15)22-11-17(20)21/h1-7H,9-11,19H2. The molecule has 110 valence electrons. The van der Waals surface area contributed by atoms with Crippen molar-refractivity contribution in [3.63, 3.8) is 0 Å². The number of ether oxygens (including phenoxy) is 1. The summed E-state index contributed by atoms with van der Waals surface area (Å²) in [5, 5.41) is 8.98. The van der Waals surface area contributed by atoms with Crippen molar-refractivity contribution in [3.05, 3.63) is 59.2 Å². The molecule has 3 rings (SSSR count). The number of hydrogen-bond donors (Lipinski definition) is 1. The quantitative estimate of drug-likeness (QED) is 0.938. The first-order valence-electron chi connectivity index (χ1n) is 6.96. The third-order valence-corrected chi connectivity index (χ3v) is 3.60. The molecule has 0 atom stereocenters. The summed E-state index contributed by atoms with van der Waals surface area (Å²) in [4.78, 5) is 13.9. The summed E-state index contributed by atoms with van der Waals surface area (Å²) in [5.41, 5.74) is 8.81. The maximum absolute atomic E-state index is 12.2. The van der Waals surface area contributed by atoms with Gasteiger partial charge in [0.15, 0.2) is 6.61 Å². The first-order chi connectivity index (χ1) is 10.7. The van der Waals surface area contributed by atoms with Crippen LogP contribution in [-0.4, -0.2) is 12.5 Å². The van der Waals surface area contributed by atoms with Gasteiger partial charge in [-0.1, -0.05) is 18.2 Å². The van der Waals surface area contributed by atoms with Crippen LogP contribution in [0.25, 0.3) is 0 Å². The van der Waals surface area contributed by atoms with E-state index >= 15 is 0 Å². The van der Waals surface area contributed by atoms with Gasteiger partial charge in [-0.25, -0.2) is 0 Å². The van der Waals surface area contributed by atoms with Crippen molar-refractivity contribution in [3.8, 4) is 11.8 Å². The molecule has 1 amide bonds. The SMILES string of the molecule is N#Cc1cccc(CN2C(=O)COc3ccc(CN)cc32)c1. The Hall–Kier alpha value is -2.84. The Morgan fingerprint density at radius 1 is 1.23 bits per heavy atom. The van der Waals surface area contributed by atoms with Crippen LogP contribution in [-0.2, 0) is 17.9 Å². The first kappa shape index (κ1) is 14.1. The van der Waals surface area contributed by atoms with Crippen molar-refractivity contribution in [2.75, 3.05) is 11.5 Å². The number of carbonyl (C=O) groups is 1. The lowest BCUT2D eigenvalue weighted by molar-refractivity contribution is -0.121.